The summed E-state index contributed by atoms with van der Waals surface area (Å²) in [4.78, 5) is 0. The molecule has 0 heterocycles. The molecule has 0 aliphatic carbocycles. The van der Waals surface area contributed by atoms with E-state index in [1.165, 1.54) is 0 Å². The standard InChI is InChI=1S/C4H10O6S4.Na.H/c5-13(6,7)3-1-2-4(11,12)14(8,9)10;;/h11-12H,1-3H2,(H,5,6,7)(H,8,9,10);;/q;+1;-1. The summed E-state index contributed by atoms with van der Waals surface area (Å²) in [6, 6.07) is 0. The second-order valence-corrected chi connectivity index (χ2v) is 8.31. The molecule has 0 amide bonds. The van der Waals surface area contributed by atoms with Crippen molar-refractivity contribution >= 4 is 45.5 Å². The molecule has 0 spiro atoms. The van der Waals surface area contributed by atoms with E-state index in [0.29, 0.717) is 0 Å². The van der Waals surface area contributed by atoms with Crippen LogP contribution in [-0.4, -0.2) is 35.1 Å². The molecule has 11 heteroatoms. The molecular weight excluding hydrogens is 295 g/mol. The number of hydrogen-bond acceptors (Lipinski definition) is 6. The Morgan fingerprint density at radius 2 is 1.53 bits per heavy atom. The van der Waals surface area contributed by atoms with E-state index in [1.807, 2.05) is 0 Å². The third-order valence-corrected chi connectivity index (χ3v) is 4.98. The second kappa shape index (κ2) is 6.45. The van der Waals surface area contributed by atoms with Gasteiger partial charge in [0.2, 0.25) is 0 Å². The molecule has 0 aromatic carbocycles. The van der Waals surface area contributed by atoms with Crippen LogP contribution in [0.25, 0.3) is 0 Å². The van der Waals surface area contributed by atoms with Gasteiger partial charge in [-0.25, -0.2) is 0 Å². The maximum Gasteiger partial charge on any atom is 1.00 e. The maximum absolute atomic E-state index is 10.6. The zero-order valence-electron chi connectivity index (χ0n) is 8.86. The van der Waals surface area contributed by atoms with Gasteiger partial charge in [0.15, 0.2) is 3.41 Å². The molecule has 6 nitrogen and oxygen atoms in total. The first-order chi connectivity index (χ1) is 5.96. The van der Waals surface area contributed by atoms with E-state index >= 15 is 0 Å². The molecule has 15 heavy (non-hydrogen) atoms. The molecule has 0 aromatic rings. The number of thiol groups is 2. The Labute approximate surface area is 123 Å². The molecule has 0 aromatic heterocycles. The number of rotatable bonds is 5. The van der Waals surface area contributed by atoms with Gasteiger partial charge in [-0.1, -0.05) is 0 Å². The molecule has 0 aliphatic heterocycles. The van der Waals surface area contributed by atoms with Crippen LogP contribution >= 0.6 is 25.3 Å². The molecule has 2 N–H and O–H groups in total. The van der Waals surface area contributed by atoms with E-state index in [1.54, 1.807) is 0 Å². The predicted octanol–water partition coefficient (Wildman–Crippen LogP) is -2.83. The van der Waals surface area contributed by atoms with Crippen LogP contribution in [0.15, 0.2) is 0 Å². The topological polar surface area (TPSA) is 109 Å². The summed E-state index contributed by atoms with van der Waals surface area (Å²) in [7, 11) is -8.60. The van der Waals surface area contributed by atoms with Crippen LogP contribution in [0.4, 0.5) is 0 Å². The monoisotopic (exact) mass is 306 g/mol. The van der Waals surface area contributed by atoms with Crippen molar-refractivity contribution in [3.05, 3.63) is 0 Å². The van der Waals surface area contributed by atoms with Crippen molar-refractivity contribution in [2.24, 2.45) is 0 Å². The quantitative estimate of drug-likeness (QED) is 0.189. The maximum atomic E-state index is 10.6. The van der Waals surface area contributed by atoms with E-state index in [4.69, 9.17) is 9.11 Å². The normalized spacial score (nSPS) is 13.3. The summed E-state index contributed by atoms with van der Waals surface area (Å²) in [6.45, 7) is 0. The summed E-state index contributed by atoms with van der Waals surface area (Å²) in [5.41, 5.74) is 0. The van der Waals surface area contributed by atoms with Gasteiger partial charge in [-0.05, 0) is 12.8 Å². The molecule has 0 atom stereocenters. The molecule has 88 valence electrons. The first-order valence-electron chi connectivity index (χ1n) is 3.33. The van der Waals surface area contributed by atoms with E-state index in [2.05, 4.69) is 25.3 Å². The van der Waals surface area contributed by atoms with Crippen molar-refractivity contribution < 1.29 is 56.9 Å². The minimum atomic E-state index is -4.47. The second-order valence-electron chi connectivity index (χ2n) is 2.61. The van der Waals surface area contributed by atoms with Crippen molar-refractivity contribution in [3.8, 4) is 0 Å². The van der Waals surface area contributed by atoms with Gasteiger partial charge in [0, 0.05) is 0 Å². The molecular formula is C4H11NaO6S4. The van der Waals surface area contributed by atoms with Crippen LogP contribution in [0.3, 0.4) is 0 Å². The van der Waals surface area contributed by atoms with E-state index < -0.39 is 29.4 Å². The van der Waals surface area contributed by atoms with Crippen LogP contribution in [-0.2, 0) is 20.2 Å². The van der Waals surface area contributed by atoms with Crippen molar-refractivity contribution in [1.29, 1.82) is 0 Å². The molecule has 0 saturated heterocycles. The Morgan fingerprint density at radius 1 is 1.13 bits per heavy atom. The van der Waals surface area contributed by atoms with E-state index in [0.717, 1.165) is 0 Å². The summed E-state index contributed by atoms with van der Waals surface area (Å²) < 4.78 is 56.6. The zero-order chi connectivity index (χ0) is 11.6. The van der Waals surface area contributed by atoms with Gasteiger partial charge in [0.1, 0.15) is 0 Å². The Kier molecular flexibility index (Phi) is 8.12. The fraction of sp³-hybridized carbons (Fsp3) is 1.00. The molecule has 0 bridgehead atoms. The third-order valence-electron chi connectivity index (χ3n) is 1.32. The molecule has 0 aliphatic rings. The first kappa shape index (κ1) is 18.9. The first-order valence-corrected chi connectivity index (χ1v) is 7.27. The van der Waals surface area contributed by atoms with Gasteiger partial charge in [0.25, 0.3) is 20.2 Å². The van der Waals surface area contributed by atoms with Crippen LogP contribution in [0.2, 0.25) is 0 Å². The smallest absolute Gasteiger partial charge is 1.00 e. The molecule has 0 fully saturated rings. The SMILES string of the molecule is O=S(=O)(O)CCCC(S)(S)S(=O)(=O)O.[H-].[Na+]. The fourth-order valence-electron chi connectivity index (χ4n) is 0.614. The van der Waals surface area contributed by atoms with Crippen LogP contribution in [0.1, 0.15) is 14.3 Å². The Hall–Kier alpha value is 1.52. The van der Waals surface area contributed by atoms with Crippen molar-refractivity contribution in [3.63, 3.8) is 0 Å². The Morgan fingerprint density at radius 3 is 1.80 bits per heavy atom. The number of hydrogen-bond donors (Lipinski definition) is 4. The minimum absolute atomic E-state index is 0. The van der Waals surface area contributed by atoms with Crippen molar-refractivity contribution in [2.45, 2.75) is 16.3 Å². The summed E-state index contributed by atoms with van der Waals surface area (Å²) >= 11 is 7.09. The summed E-state index contributed by atoms with van der Waals surface area (Å²) in [6.07, 6.45) is -0.483. The van der Waals surface area contributed by atoms with Crippen molar-refractivity contribution in [1.82, 2.24) is 0 Å². The fourth-order valence-corrected chi connectivity index (χ4v) is 1.84. The largest absolute Gasteiger partial charge is 1.00 e. The van der Waals surface area contributed by atoms with Gasteiger partial charge in [0.05, 0.1) is 5.75 Å². The van der Waals surface area contributed by atoms with Gasteiger partial charge in [-0.2, -0.15) is 16.8 Å². The molecule has 0 rings (SSSR count). The van der Waals surface area contributed by atoms with Crippen molar-refractivity contribution in [2.75, 3.05) is 5.75 Å². The van der Waals surface area contributed by atoms with Gasteiger partial charge in [-0.3, -0.25) is 9.11 Å². The van der Waals surface area contributed by atoms with Crippen LogP contribution in [0, 0.1) is 0 Å². The van der Waals surface area contributed by atoms with E-state index in [9.17, 15) is 16.8 Å². The minimum Gasteiger partial charge on any atom is -1.00 e. The third kappa shape index (κ3) is 8.27. The Balaban J connectivity index is -0.000000845. The van der Waals surface area contributed by atoms with E-state index in [-0.39, 0.29) is 43.8 Å². The summed E-state index contributed by atoms with van der Waals surface area (Å²) in [5.74, 6) is -0.606. The van der Waals surface area contributed by atoms with Gasteiger partial charge >= 0.3 is 29.6 Å². The van der Waals surface area contributed by atoms with Crippen LogP contribution < -0.4 is 29.6 Å². The Bertz CT molecular complexity index is 389. The zero-order valence-corrected chi connectivity index (χ0v) is 13.3. The summed E-state index contributed by atoms with van der Waals surface area (Å²) in [5, 5.41) is 0. The average molecular weight is 306 g/mol. The molecule has 0 saturated carbocycles. The molecule has 0 radical (unpaired) electrons. The molecule has 0 unspecified atom stereocenters. The van der Waals surface area contributed by atoms with Crippen LogP contribution in [0.5, 0.6) is 0 Å². The predicted molar refractivity (Wildman–Crippen MR) is 59.0 cm³/mol. The van der Waals surface area contributed by atoms with Gasteiger partial charge in [-0.15, -0.1) is 25.3 Å². The van der Waals surface area contributed by atoms with Gasteiger partial charge < -0.3 is 1.43 Å². The average Bonchev–Trinajstić information content (AvgIpc) is 1.80.